The topological polar surface area (TPSA) is 75.3 Å². The normalized spacial score (nSPS) is 11.6. The van der Waals surface area contributed by atoms with Crippen molar-refractivity contribution in [3.8, 4) is 0 Å². The lowest BCUT2D eigenvalue weighted by Crippen LogP contribution is -2.30. The van der Waals surface area contributed by atoms with Gasteiger partial charge in [0.25, 0.3) is 5.91 Å². The quantitative estimate of drug-likeness (QED) is 0.479. The second kappa shape index (κ2) is 9.58. The molecule has 3 aromatic rings. The number of sulfonamides is 1. The molecule has 0 saturated heterocycles. The Morgan fingerprint density at radius 1 is 1.07 bits per heavy atom. The molecule has 5 nitrogen and oxygen atoms in total. The van der Waals surface area contributed by atoms with Crippen LogP contribution in [-0.2, 0) is 15.8 Å². The molecule has 29 heavy (non-hydrogen) atoms. The standard InChI is InChI=1S/C21H22N2O3S3/c1-15(2)23-29(25,26)18-9-7-17(8-10-18)21(24)22-19-5-3-4-6-20(19)28-14-16-11-12-27-13-16/h3-13,15,23H,14H2,1-2H3,(H,22,24). The Morgan fingerprint density at radius 2 is 1.79 bits per heavy atom. The molecule has 8 heteroatoms. The van der Waals surface area contributed by atoms with Crippen LogP contribution in [0, 0.1) is 0 Å². The summed E-state index contributed by atoms with van der Waals surface area (Å²) >= 11 is 3.32. The van der Waals surface area contributed by atoms with Gasteiger partial charge in [0.15, 0.2) is 0 Å². The predicted octanol–water partition coefficient (Wildman–Crippen LogP) is 4.98. The van der Waals surface area contributed by atoms with E-state index < -0.39 is 10.0 Å². The third-order valence-electron chi connectivity index (χ3n) is 3.93. The molecule has 0 unspecified atom stereocenters. The molecule has 2 N–H and O–H groups in total. The van der Waals surface area contributed by atoms with Gasteiger partial charge in [0, 0.05) is 22.3 Å². The molecule has 2 aromatic carbocycles. The molecule has 0 saturated carbocycles. The minimum absolute atomic E-state index is 0.134. The maximum absolute atomic E-state index is 12.7. The average molecular weight is 447 g/mol. The molecule has 3 rings (SSSR count). The second-order valence-electron chi connectivity index (χ2n) is 6.67. The molecule has 0 bridgehead atoms. The van der Waals surface area contributed by atoms with Gasteiger partial charge in [0.1, 0.15) is 0 Å². The van der Waals surface area contributed by atoms with Crippen LogP contribution in [-0.4, -0.2) is 20.4 Å². The molecule has 0 fully saturated rings. The molecule has 0 radical (unpaired) electrons. The fourth-order valence-electron chi connectivity index (χ4n) is 2.59. The van der Waals surface area contributed by atoms with Gasteiger partial charge in [-0.2, -0.15) is 11.3 Å². The molecular weight excluding hydrogens is 424 g/mol. The Bertz CT molecular complexity index is 1060. The molecule has 0 aliphatic carbocycles. The monoisotopic (exact) mass is 446 g/mol. The van der Waals surface area contributed by atoms with Crippen LogP contribution in [0.2, 0.25) is 0 Å². The number of thiophene rings is 1. The highest BCUT2D eigenvalue weighted by Gasteiger charge is 2.16. The molecule has 0 atom stereocenters. The van der Waals surface area contributed by atoms with Crippen molar-refractivity contribution in [1.29, 1.82) is 0 Å². The lowest BCUT2D eigenvalue weighted by atomic mass is 10.2. The highest BCUT2D eigenvalue weighted by molar-refractivity contribution is 7.98. The highest BCUT2D eigenvalue weighted by atomic mass is 32.2. The minimum atomic E-state index is -3.58. The maximum atomic E-state index is 12.7. The van der Waals surface area contributed by atoms with E-state index in [1.807, 2.05) is 29.6 Å². The number of carbonyl (C=O) groups is 1. The molecule has 1 aromatic heterocycles. The Balaban J connectivity index is 1.70. The van der Waals surface area contributed by atoms with Crippen molar-refractivity contribution >= 4 is 44.7 Å². The number of carbonyl (C=O) groups excluding carboxylic acids is 1. The van der Waals surface area contributed by atoms with Gasteiger partial charge in [-0.1, -0.05) is 12.1 Å². The smallest absolute Gasteiger partial charge is 0.255 e. The van der Waals surface area contributed by atoms with Gasteiger partial charge in [-0.05, 0) is 72.6 Å². The molecule has 1 amide bonds. The summed E-state index contributed by atoms with van der Waals surface area (Å²) < 4.78 is 27.0. The first-order valence-corrected chi connectivity index (χ1v) is 12.4. The van der Waals surface area contributed by atoms with Gasteiger partial charge in [-0.25, -0.2) is 13.1 Å². The largest absolute Gasteiger partial charge is 0.321 e. The number of rotatable bonds is 8. The van der Waals surface area contributed by atoms with E-state index >= 15 is 0 Å². The van der Waals surface area contributed by atoms with E-state index in [0.29, 0.717) is 5.56 Å². The van der Waals surface area contributed by atoms with E-state index in [0.717, 1.165) is 16.3 Å². The Morgan fingerprint density at radius 3 is 2.45 bits per heavy atom. The van der Waals surface area contributed by atoms with Crippen LogP contribution >= 0.6 is 23.1 Å². The first-order chi connectivity index (χ1) is 13.8. The summed E-state index contributed by atoms with van der Waals surface area (Å²) in [5.41, 5.74) is 2.37. The average Bonchev–Trinajstić information content (AvgIpc) is 3.20. The fourth-order valence-corrected chi connectivity index (χ4v) is 5.57. The van der Waals surface area contributed by atoms with Crippen molar-refractivity contribution in [2.24, 2.45) is 0 Å². The van der Waals surface area contributed by atoms with Crippen LogP contribution in [0.4, 0.5) is 5.69 Å². The van der Waals surface area contributed by atoms with Gasteiger partial charge in [-0.3, -0.25) is 4.79 Å². The summed E-state index contributed by atoms with van der Waals surface area (Å²) in [6, 6.07) is 15.4. The van der Waals surface area contributed by atoms with Crippen LogP contribution < -0.4 is 10.0 Å². The molecule has 1 heterocycles. The number of amides is 1. The van der Waals surface area contributed by atoms with Crippen molar-refractivity contribution in [1.82, 2.24) is 4.72 Å². The first kappa shape index (κ1) is 21.6. The highest BCUT2D eigenvalue weighted by Crippen LogP contribution is 2.30. The van der Waals surface area contributed by atoms with Crippen LogP contribution in [0.3, 0.4) is 0 Å². The summed E-state index contributed by atoms with van der Waals surface area (Å²) in [4.78, 5) is 13.8. The summed E-state index contributed by atoms with van der Waals surface area (Å²) in [6.45, 7) is 3.51. The van der Waals surface area contributed by atoms with Crippen molar-refractivity contribution in [3.63, 3.8) is 0 Å². The number of para-hydroxylation sites is 1. The number of hydrogen-bond acceptors (Lipinski definition) is 5. The maximum Gasteiger partial charge on any atom is 0.255 e. The molecular formula is C21H22N2O3S3. The third-order valence-corrected chi connectivity index (χ3v) is 7.48. The van der Waals surface area contributed by atoms with E-state index in [1.165, 1.54) is 29.8 Å². The molecule has 0 spiro atoms. The zero-order valence-electron chi connectivity index (χ0n) is 16.1. The van der Waals surface area contributed by atoms with Crippen LogP contribution in [0.1, 0.15) is 29.8 Å². The van der Waals surface area contributed by atoms with E-state index in [4.69, 9.17) is 0 Å². The van der Waals surface area contributed by atoms with Gasteiger partial charge in [0.05, 0.1) is 10.6 Å². The molecule has 0 aliphatic heterocycles. The lowest BCUT2D eigenvalue weighted by molar-refractivity contribution is 0.102. The Labute approximate surface area is 179 Å². The zero-order chi connectivity index (χ0) is 20.9. The van der Waals surface area contributed by atoms with Gasteiger partial charge in [-0.15, -0.1) is 11.8 Å². The van der Waals surface area contributed by atoms with Crippen molar-refractivity contribution in [2.45, 2.75) is 35.4 Å². The van der Waals surface area contributed by atoms with Gasteiger partial charge >= 0.3 is 0 Å². The van der Waals surface area contributed by atoms with Gasteiger partial charge < -0.3 is 5.32 Å². The number of hydrogen-bond donors (Lipinski definition) is 2. The van der Waals surface area contributed by atoms with E-state index in [1.54, 1.807) is 36.9 Å². The predicted molar refractivity (Wildman–Crippen MR) is 120 cm³/mol. The minimum Gasteiger partial charge on any atom is -0.321 e. The zero-order valence-corrected chi connectivity index (χ0v) is 18.5. The fraction of sp³-hybridized carbons (Fsp3) is 0.190. The van der Waals surface area contributed by atoms with E-state index in [9.17, 15) is 13.2 Å². The third kappa shape index (κ3) is 5.93. The Hall–Kier alpha value is -2.13. The van der Waals surface area contributed by atoms with Crippen molar-refractivity contribution < 1.29 is 13.2 Å². The summed E-state index contributed by atoms with van der Waals surface area (Å²) in [5, 5.41) is 7.08. The molecule has 152 valence electrons. The lowest BCUT2D eigenvalue weighted by Gasteiger charge is -2.12. The Kier molecular flexibility index (Phi) is 7.13. The number of anilines is 1. The molecule has 0 aliphatic rings. The second-order valence-corrected chi connectivity index (χ2v) is 10.2. The van der Waals surface area contributed by atoms with Crippen LogP contribution in [0.5, 0.6) is 0 Å². The number of benzene rings is 2. The van der Waals surface area contributed by atoms with Crippen molar-refractivity contribution in [2.75, 3.05) is 5.32 Å². The number of thioether (sulfide) groups is 1. The SMILES string of the molecule is CC(C)NS(=O)(=O)c1ccc(C(=O)Nc2ccccc2SCc2ccsc2)cc1. The number of nitrogens with one attached hydrogen (secondary N) is 2. The van der Waals surface area contributed by atoms with E-state index in [-0.39, 0.29) is 16.8 Å². The van der Waals surface area contributed by atoms with Crippen molar-refractivity contribution in [3.05, 3.63) is 76.5 Å². The summed E-state index contributed by atoms with van der Waals surface area (Å²) in [6.07, 6.45) is 0. The summed E-state index contributed by atoms with van der Waals surface area (Å²) in [5.74, 6) is 0.542. The summed E-state index contributed by atoms with van der Waals surface area (Å²) in [7, 11) is -3.58. The van der Waals surface area contributed by atoms with Crippen LogP contribution in [0.25, 0.3) is 0 Å². The van der Waals surface area contributed by atoms with E-state index in [2.05, 4.69) is 21.5 Å². The van der Waals surface area contributed by atoms with Crippen LogP contribution in [0.15, 0.2) is 75.1 Å². The first-order valence-electron chi connectivity index (χ1n) is 9.02. The van der Waals surface area contributed by atoms with Gasteiger partial charge in [0.2, 0.25) is 10.0 Å².